The quantitative estimate of drug-likeness (QED) is 0.340. The first kappa shape index (κ1) is 26.6. The summed E-state index contributed by atoms with van der Waals surface area (Å²) in [5.74, 6) is 1.85. The molecule has 0 spiro atoms. The summed E-state index contributed by atoms with van der Waals surface area (Å²) in [5, 5.41) is 0.622. The van der Waals surface area contributed by atoms with Crippen molar-refractivity contribution in [2.45, 2.75) is 50.5 Å². The maximum atomic E-state index is 13.8. The van der Waals surface area contributed by atoms with Crippen LogP contribution < -0.4 is 25.7 Å². The van der Waals surface area contributed by atoms with Crippen molar-refractivity contribution >= 4 is 28.7 Å². The lowest BCUT2D eigenvalue weighted by Gasteiger charge is -2.34. The Hall–Kier alpha value is -3.60. The minimum Gasteiger partial charge on any atom is -0.490 e. The molecule has 0 radical (unpaired) electrons. The van der Waals surface area contributed by atoms with Crippen molar-refractivity contribution in [3.63, 3.8) is 0 Å². The predicted molar refractivity (Wildman–Crippen MR) is 154 cm³/mol. The van der Waals surface area contributed by atoms with Gasteiger partial charge in [-0.3, -0.25) is 13.9 Å². The normalized spacial score (nSPS) is 20.9. The summed E-state index contributed by atoms with van der Waals surface area (Å²) < 4.78 is 20.8. The minimum absolute atomic E-state index is 0.0341. The number of rotatable bonds is 8. The third kappa shape index (κ3) is 5.26. The molecule has 0 unspecified atom stereocenters. The van der Waals surface area contributed by atoms with E-state index in [0.29, 0.717) is 46.7 Å². The van der Waals surface area contributed by atoms with Crippen molar-refractivity contribution < 1.29 is 14.2 Å². The van der Waals surface area contributed by atoms with Gasteiger partial charge in [0.1, 0.15) is 17.6 Å². The molecule has 1 aliphatic carbocycles. The summed E-state index contributed by atoms with van der Waals surface area (Å²) in [7, 11) is 3.36. The summed E-state index contributed by atoms with van der Waals surface area (Å²) in [6.07, 6.45) is 3.97. The standard InChI is InChI=1S/C29H33ClN6O4/c1-34-27(37)25-26(33-29(34)40-21-10-5-9-20(13-21)39-23-14-22(15-23)38-2)32-28(35-12-6-8-19(31)17-35)36(25)16-18-7-3-4-11-24(18)30/h3-5,7,9-11,13,19,22-23H,6,8,12,14-17,31H2,1-2H3/t19-,22?,23?/m1/s1. The van der Waals surface area contributed by atoms with Gasteiger partial charge in [0.2, 0.25) is 5.95 Å². The van der Waals surface area contributed by atoms with Crippen molar-refractivity contribution in [2.75, 3.05) is 25.1 Å². The van der Waals surface area contributed by atoms with Crippen LogP contribution in [0, 0.1) is 0 Å². The molecule has 2 fully saturated rings. The number of halogens is 1. The number of aromatic nitrogens is 4. The monoisotopic (exact) mass is 564 g/mol. The van der Waals surface area contributed by atoms with Crippen LogP contribution in [0.5, 0.6) is 17.5 Å². The van der Waals surface area contributed by atoms with E-state index >= 15 is 0 Å². The summed E-state index contributed by atoms with van der Waals surface area (Å²) >= 11 is 6.51. The Kier molecular flexibility index (Phi) is 7.39. The lowest BCUT2D eigenvalue weighted by molar-refractivity contribution is -0.0381. The fourth-order valence-corrected chi connectivity index (χ4v) is 5.51. The zero-order valence-electron chi connectivity index (χ0n) is 22.6. The molecule has 40 heavy (non-hydrogen) atoms. The van der Waals surface area contributed by atoms with Crippen molar-refractivity contribution in [3.05, 3.63) is 69.5 Å². The number of benzene rings is 2. The molecule has 0 bridgehead atoms. The number of nitrogens with zero attached hydrogens (tertiary/aromatic N) is 5. The second-order valence-corrected chi connectivity index (χ2v) is 10.9. The average molecular weight is 565 g/mol. The molecule has 4 aromatic rings. The van der Waals surface area contributed by atoms with E-state index in [1.54, 1.807) is 26.3 Å². The molecule has 2 N–H and O–H groups in total. The van der Waals surface area contributed by atoms with E-state index in [0.717, 1.165) is 37.8 Å². The van der Waals surface area contributed by atoms with Gasteiger partial charge in [0, 0.05) is 57.2 Å². The first-order valence-corrected chi connectivity index (χ1v) is 14.0. The molecule has 2 aliphatic rings. The lowest BCUT2D eigenvalue weighted by Crippen LogP contribution is -2.44. The molecular weight excluding hydrogens is 532 g/mol. The zero-order valence-corrected chi connectivity index (χ0v) is 23.4. The smallest absolute Gasteiger partial charge is 0.306 e. The van der Waals surface area contributed by atoms with Gasteiger partial charge in [-0.25, -0.2) is 0 Å². The van der Waals surface area contributed by atoms with Crippen molar-refractivity contribution in [1.29, 1.82) is 0 Å². The van der Waals surface area contributed by atoms with Gasteiger partial charge >= 0.3 is 6.01 Å². The van der Waals surface area contributed by atoms with Gasteiger partial charge in [-0.2, -0.15) is 9.97 Å². The molecule has 11 heteroatoms. The lowest BCUT2D eigenvalue weighted by atomic mass is 9.92. The summed E-state index contributed by atoms with van der Waals surface area (Å²) in [6.45, 7) is 1.81. The van der Waals surface area contributed by atoms with Crippen molar-refractivity contribution in [1.82, 2.24) is 19.1 Å². The van der Waals surface area contributed by atoms with E-state index < -0.39 is 0 Å². The number of anilines is 1. The second-order valence-electron chi connectivity index (χ2n) is 10.5. The Bertz CT molecular complexity index is 1580. The molecule has 1 saturated carbocycles. The number of hydrogen-bond acceptors (Lipinski definition) is 8. The molecule has 1 atom stereocenters. The van der Waals surface area contributed by atoms with Crippen LogP contribution in [0.2, 0.25) is 5.02 Å². The van der Waals surface area contributed by atoms with Crippen LogP contribution in [0.25, 0.3) is 11.2 Å². The Morgan fingerprint density at radius 1 is 1.07 bits per heavy atom. The SMILES string of the molecule is COC1CC(Oc2cccc(Oc3nc4nc(N5CCC[C@@H](N)C5)n(Cc5ccccc5Cl)c4c(=O)n3C)c2)C1. The molecule has 210 valence electrons. The van der Waals surface area contributed by atoms with Gasteiger partial charge < -0.3 is 24.8 Å². The van der Waals surface area contributed by atoms with E-state index in [9.17, 15) is 4.79 Å². The highest BCUT2D eigenvalue weighted by Gasteiger charge is 2.31. The molecule has 2 aromatic heterocycles. The predicted octanol–water partition coefficient (Wildman–Crippen LogP) is 4.11. The molecule has 10 nitrogen and oxygen atoms in total. The van der Waals surface area contributed by atoms with Gasteiger partial charge in [0.05, 0.1) is 12.6 Å². The van der Waals surface area contributed by atoms with Gasteiger partial charge in [-0.05, 0) is 36.6 Å². The van der Waals surface area contributed by atoms with Crippen molar-refractivity contribution in [2.24, 2.45) is 12.8 Å². The van der Waals surface area contributed by atoms with Crippen LogP contribution in [0.15, 0.2) is 53.3 Å². The molecule has 3 heterocycles. The Labute approximate surface area is 237 Å². The van der Waals surface area contributed by atoms with E-state index in [1.807, 2.05) is 41.0 Å². The topological polar surface area (TPSA) is 110 Å². The number of imidazole rings is 1. The summed E-state index contributed by atoms with van der Waals surface area (Å²) in [5.41, 5.74) is 7.62. The number of hydrogen-bond donors (Lipinski definition) is 1. The number of ether oxygens (including phenoxy) is 3. The first-order chi connectivity index (χ1) is 19.4. The Morgan fingerprint density at radius 3 is 2.65 bits per heavy atom. The molecule has 6 rings (SSSR count). The first-order valence-electron chi connectivity index (χ1n) is 13.6. The van der Waals surface area contributed by atoms with E-state index in [4.69, 9.17) is 36.5 Å². The summed E-state index contributed by atoms with van der Waals surface area (Å²) in [4.78, 5) is 25.4. The van der Waals surface area contributed by atoms with Gasteiger partial charge in [-0.1, -0.05) is 35.9 Å². The maximum Gasteiger partial charge on any atom is 0.306 e. The second kappa shape index (κ2) is 11.1. The third-order valence-electron chi connectivity index (χ3n) is 7.65. The van der Waals surface area contributed by atoms with Crippen LogP contribution in [0.3, 0.4) is 0 Å². The highest BCUT2D eigenvalue weighted by molar-refractivity contribution is 6.31. The van der Waals surface area contributed by atoms with E-state index in [1.165, 1.54) is 4.57 Å². The van der Waals surface area contributed by atoms with Crippen LogP contribution >= 0.6 is 11.6 Å². The summed E-state index contributed by atoms with van der Waals surface area (Å²) in [6, 6.07) is 15.1. The average Bonchev–Trinajstić information content (AvgIpc) is 3.28. The number of nitrogens with two attached hydrogens (primary N) is 1. The number of methoxy groups -OCH3 is 1. The zero-order chi connectivity index (χ0) is 27.8. The van der Waals surface area contributed by atoms with Gasteiger partial charge in [0.25, 0.3) is 5.56 Å². The largest absolute Gasteiger partial charge is 0.490 e. The number of piperidine rings is 1. The van der Waals surface area contributed by atoms with Crippen LogP contribution in [0.4, 0.5) is 5.95 Å². The van der Waals surface area contributed by atoms with E-state index in [-0.39, 0.29) is 29.8 Å². The molecule has 1 aliphatic heterocycles. The van der Waals surface area contributed by atoms with Gasteiger partial charge in [-0.15, -0.1) is 0 Å². The molecule has 2 aromatic carbocycles. The number of fused-ring (bicyclic) bond motifs is 1. The van der Waals surface area contributed by atoms with Crippen molar-refractivity contribution in [3.8, 4) is 17.5 Å². The van der Waals surface area contributed by atoms with E-state index in [2.05, 4.69) is 9.88 Å². The highest BCUT2D eigenvalue weighted by atomic mass is 35.5. The van der Waals surface area contributed by atoms with Gasteiger partial charge in [0.15, 0.2) is 11.2 Å². The van der Waals surface area contributed by atoms with Crippen LogP contribution in [-0.4, -0.2) is 57.6 Å². The molecular formula is C29H33ClN6O4. The minimum atomic E-state index is -0.264. The highest BCUT2D eigenvalue weighted by Crippen LogP contribution is 2.31. The fraction of sp³-hybridized carbons (Fsp3) is 0.414. The van der Waals surface area contributed by atoms with Crippen LogP contribution in [0.1, 0.15) is 31.2 Å². The third-order valence-corrected chi connectivity index (χ3v) is 8.02. The fourth-order valence-electron chi connectivity index (χ4n) is 5.32. The molecule has 0 amide bonds. The Morgan fingerprint density at radius 2 is 1.88 bits per heavy atom. The molecule has 1 saturated heterocycles. The Balaban J connectivity index is 1.35. The van der Waals surface area contributed by atoms with Crippen LogP contribution in [-0.2, 0) is 18.3 Å². The maximum absolute atomic E-state index is 13.8.